The molecular formula is C13H22O5. The first-order valence-electron chi connectivity index (χ1n) is 6.03. The normalized spacial score (nSPS) is 12.7. The van der Waals surface area contributed by atoms with E-state index in [1.165, 1.54) is 6.92 Å². The summed E-state index contributed by atoms with van der Waals surface area (Å²) in [5.41, 5.74) is -0.496. The van der Waals surface area contributed by atoms with Crippen LogP contribution in [0, 0.1) is 5.92 Å². The van der Waals surface area contributed by atoms with Gasteiger partial charge in [0.05, 0.1) is 0 Å². The molecule has 0 aliphatic rings. The van der Waals surface area contributed by atoms with Crippen molar-refractivity contribution < 1.29 is 23.9 Å². The van der Waals surface area contributed by atoms with Crippen LogP contribution < -0.4 is 0 Å². The van der Waals surface area contributed by atoms with E-state index in [2.05, 4.69) is 4.74 Å². The summed E-state index contributed by atoms with van der Waals surface area (Å²) in [5, 5.41) is 0. The van der Waals surface area contributed by atoms with Crippen molar-refractivity contribution in [2.45, 2.75) is 59.5 Å². The molecule has 0 unspecified atom stereocenters. The van der Waals surface area contributed by atoms with Gasteiger partial charge in [0.1, 0.15) is 5.60 Å². The summed E-state index contributed by atoms with van der Waals surface area (Å²) in [6.07, 6.45) is 0.875. The van der Waals surface area contributed by atoms with Crippen molar-refractivity contribution in [2.75, 3.05) is 0 Å². The van der Waals surface area contributed by atoms with Gasteiger partial charge in [0, 0.05) is 19.8 Å². The number of carbonyl (C=O) groups is 3. The lowest BCUT2D eigenvalue weighted by atomic mass is 10.0. The molecule has 0 fully saturated rings. The molecule has 0 amide bonds. The van der Waals surface area contributed by atoms with Crippen LogP contribution in [0.5, 0.6) is 0 Å². The van der Waals surface area contributed by atoms with E-state index < -0.39 is 17.5 Å². The van der Waals surface area contributed by atoms with Crippen LogP contribution in [0.25, 0.3) is 0 Å². The number of carbonyl (C=O) groups excluding carboxylic acids is 3. The second-order valence-corrected chi connectivity index (χ2v) is 5.40. The van der Waals surface area contributed by atoms with Gasteiger partial charge in [0.25, 0.3) is 0 Å². The lowest BCUT2D eigenvalue weighted by molar-refractivity contribution is -0.160. The van der Waals surface area contributed by atoms with Crippen LogP contribution in [0.3, 0.4) is 0 Å². The van der Waals surface area contributed by atoms with Gasteiger partial charge in [-0.25, -0.2) is 0 Å². The predicted octanol–water partition coefficient (Wildman–Crippen LogP) is 2.22. The smallest absolute Gasteiger partial charge is 0.313 e. The van der Waals surface area contributed by atoms with Gasteiger partial charge in [-0.15, -0.1) is 0 Å². The van der Waals surface area contributed by atoms with E-state index in [9.17, 15) is 14.4 Å². The molecular weight excluding hydrogens is 236 g/mol. The average molecular weight is 258 g/mol. The monoisotopic (exact) mass is 258 g/mol. The van der Waals surface area contributed by atoms with Crippen molar-refractivity contribution in [3.8, 4) is 0 Å². The molecule has 0 radical (unpaired) electrons. The van der Waals surface area contributed by atoms with Crippen LogP contribution in [-0.4, -0.2) is 23.5 Å². The Hall–Kier alpha value is -1.39. The topological polar surface area (TPSA) is 69.7 Å². The van der Waals surface area contributed by atoms with Crippen LogP contribution >= 0.6 is 0 Å². The van der Waals surface area contributed by atoms with E-state index >= 15 is 0 Å². The summed E-state index contributed by atoms with van der Waals surface area (Å²) < 4.78 is 9.56. The quantitative estimate of drug-likeness (QED) is 0.558. The Kier molecular flexibility index (Phi) is 6.58. The fourth-order valence-corrected chi connectivity index (χ4v) is 1.35. The van der Waals surface area contributed by atoms with Crippen LogP contribution in [0.4, 0.5) is 0 Å². The van der Waals surface area contributed by atoms with E-state index in [1.54, 1.807) is 20.8 Å². The van der Waals surface area contributed by atoms with E-state index in [1.807, 2.05) is 6.92 Å². The third-order valence-electron chi connectivity index (χ3n) is 2.03. The highest BCUT2D eigenvalue weighted by molar-refractivity contribution is 5.84. The third kappa shape index (κ3) is 9.81. The minimum Gasteiger partial charge on any atom is -0.460 e. The van der Waals surface area contributed by atoms with Gasteiger partial charge in [-0.1, -0.05) is 6.92 Å². The number of hydrogen-bond acceptors (Lipinski definition) is 5. The summed E-state index contributed by atoms with van der Waals surface area (Å²) in [4.78, 5) is 33.1. The summed E-state index contributed by atoms with van der Waals surface area (Å²) >= 11 is 0. The Morgan fingerprint density at radius 2 is 1.67 bits per heavy atom. The molecule has 18 heavy (non-hydrogen) atoms. The van der Waals surface area contributed by atoms with E-state index in [0.29, 0.717) is 6.42 Å². The SMILES string of the molecule is CC(=O)OC(=O)CC[C@@H](C)CC(=O)OC(C)(C)C. The van der Waals surface area contributed by atoms with Crippen LogP contribution in [0.15, 0.2) is 0 Å². The Balaban J connectivity index is 3.91. The molecule has 0 N–H and O–H groups in total. The first-order chi connectivity index (χ1) is 8.10. The Morgan fingerprint density at radius 1 is 1.11 bits per heavy atom. The molecule has 0 rings (SSSR count). The Morgan fingerprint density at radius 3 is 2.11 bits per heavy atom. The van der Waals surface area contributed by atoms with Crippen LogP contribution in [-0.2, 0) is 23.9 Å². The average Bonchev–Trinajstić information content (AvgIpc) is 2.10. The van der Waals surface area contributed by atoms with Crippen molar-refractivity contribution in [3.05, 3.63) is 0 Å². The first kappa shape index (κ1) is 16.6. The molecule has 104 valence electrons. The lowest BCUT2D eigenvalue weighted by Gasteiger charge is -2.20. The van der Waals surface area contributed by atoms with Crippen molar-refractivity contribution in [1.29, 1.82) is 0 Å². The molecule has 0 bridgehead atoms. The molecule has 0 aromatic heterocycles. The zero-order valence-electron chi connectivity index (χ0n) is 11.7. The highest BCUT2D eigenvalue weighted by atomic mass is 16.6. The van der Waals surface area contributed by atoms with Gasteiger partial charge in [-0.3, -0.25) is 14.4 Å². The molecule has 0 saturated heterocycles. The van der Waals surface area contributed by atoms with Crippen LogP contribution in [0.2, 0.25) is 0 Å². The van der Waals surface area contributed by atoms with Gasteiger partial charge in [0.2, 0.25) is 0 Å². The maximum Gasteiger partial charge on any atom is 0.313 e. The molecule has 1 atom stereocenters. The number of hydrogen-bond donors (Lipinski definition) is 0. The molecule has 0 spiro atoms. The van der Waals surface area contributed by atoms with Crippen LogP contribution in [0.1, 0.15) is 53.9 Å². The Labute approximate surface area is 108 Å². The molecule has 5 nitrogen and oxygen atoms in total. The fourth-order valence-electron chi connectivity index (χ4n) is 1.35. The molecule has 5 heteroatoms. The zero-order valence-corrected chi connectivity index (χ0v) is 11.7. The summed E-state index contributed by atoms with van der Waals surface area (Å²) in [5.74, 6) is -1.44. The molecule has 0 aromatic rings. The second kappa shape index (κ2) is 7.13. The largest absolute Gasteiger partial charge is 0.460 e. The summed E-state index contributed by atoms with van der Waals surface area (Å²) in [7, 11) is 0. The number of esters is 3. The fraction of sp³-hybridized carbons (Fsp3) is 0.769. The van der Waals surface area contributed by atoms with Crippen molar-refractivity contribution in [1.82, 2.24) is 0 Å². The van der Waals surface area contributed by atoms with Crippen molar-refractivity contribution >= 4 is 17.9 Å². The zero-order chi connectivity index (χ0) is 14.3. The van der Waals surface area contributed by atoms with E-state index in [4.69, 9.17) is 4.74 Å². The minimum absolute atomic E-state index is 0.0133. The molecule has 0 heterocycles. The number of rotatable bonds is 5. The van der Waals surface area contributed by atoms with Crippen molar-refractivity contribution in [3.63, 3.8) is 0 Å². The maximum atomic E-state index is 11.5. The summed E-state index contributed by atoms with van der Waals surface area (Å²) in [6.45, 7) is 8.45. The van der Waals surface area contributed by atoms with Gasteiger partial charge >= 0.3 is 17.9 Å². The Bertz CT molecular complexity index is 314. The highest BCUT2D eigenvalue weighted by Gasteiger charge is 2.19. The predicted molar refractivity (Wildman–Crippen MR) is 65.6 cm³/mol. The van der Waals surface area contributed by atoms with Gasteiger partial charge < -0.3 is 9.47 Å². The first-order valence-corrected chi connectivity index (χ1v) is 6.03. The lowest BCUT2D eigenvalue weighted by Crippen LogP contribution is -2.25. The van der Waals surface area contributed by atoms with E-state index in [-0.39, 0.29) is 24.7 Å². The standard InChI is InChI=1S/C13H22O5/c1-9(6-7-11(15)17-10(2)14)8-12(16)18-13(3,4)5/h9H,6-8H2,1-5H3/t9-/m1/s1. The van der Waals surface area contributed by atoms with Gasteiger partial charge in [-0.2, -0.15) is 0 Å². The van der Waals surface area contributed by atoms with Crippen molar-refractivity contribution in [2.24, 2.45) is 5.92 Å². The minimum atomic E-state index is -0.611. The third-order valence-corrected chi connectivity index (χ3v) is 2.03. The molecule has 0 aliphatic carbocycles. The second-order valence-electron chi connectivity index (χ2n) is 5.40. The maximum absolute atomic E-state index is 11.5. The summed E-state index contributed by atoms with van der Waals surface area (Å²) in [6, 6.07) is 0. The molecule has 0 aromatic carbocycles. The van der Waals surface area contributed by atoms with Gasteiger partial charge in [0.15, 0.2) is 0 Å². The molecule has 0 saturated carbocycles. The molecule has 0 aliphatic heterocycles. The van der Waals surface area contributed by atoms with Gasteiger partial charge in [-0.05, 0) is 33.1 Å². The number of ether oxygens (including phenoxy) is 2. The highest BCUT2D eigenvalue weighted by Crippen LogP contribution is 2.15. The van der Waals surface area contributed by atoms with E-state index in [0.717, 1.165) is 0 Å².